The predicted octanol–water partition coefficient (Wildman–Crippen LogP) is 2.15. The smallest absolute Gasteiger partial charge is 0.323 e. The Morgan fingerprint density at radius 1 is 1.35 bits per heavy atom. The van der Waals surface area contributed by atoms with Crippen molar-refractivity contribution in [1.82, 2.24) is 10.5 Å². The lowest BCUT2D eigenvalue weighted by molar-refractivity contribution is 0.231. The van der Waals surface area contributed by atoms with E-state index < -0.39 is 6.03 Å². The summed E-state index contributed by atoms with van der Waals surface area (Å²) in [6.45, 7) is 1.74. The van der Waals surface area contributed by atoms with Crippen LogP contribution in [-0.4, -0.2) is 25.0 Å². The number of hydrogen-bond donors (Lipinski definition) is 2. The van der Waals surface area contributed by atoms with Gasteiger partial charge in [0.1, 0.15) is 5.76 Å². The minimum Gasteiger partial charge on any atom is -0.493 e. The summed E-state index contributed by atoms with van der Waals surface area (Å²) in [5, 5.41) is 8.68. The van der Waals surface area contributed by atoms with Crippen molar-refractivity contribution < 1.29 is 18.8 Å². The lowest BCUT2D eigenvalue weighted by Gasteiger charge is -2.10. The van der Waals surface area contributed by atoms with Crippen LogP contribution < -0.4 is 20.1 Å². The molecule has 1 aromatic heterocycles. The van der Waals surface area contributed by atoms with Gasteiger partial charge >= 0.3 is 6.03 Å². The van der Waals surface area contributed by atoms with E-state index in [1.165, 1.54) is 0 Å². The summed E-state index contributed by atoms with van der Waals surface area (Å²) in [4.78, 5) is 11.6. The number of nitrogens with zero attached hydrogens (tertiary/aromatic N) is 1. The molecule has 106 valence electrons. The van der Waals surface area contributed by atoms with E-state index in [4.69, 9.17) is 14.0 Å². The maximum absolute atomic E-state index is 11.6. The predicted molar refractivity (Wildman–Crippen MR) is 71.9 cm³/mol. The van der Waals surface area contributed by atoms with E-state index in [9.17, 15) is 4.79 Å². The Hall–Kier alpha value is -2.70. The van der Waals surface area contributed by atoms with Crippen molar-refractivity contribution in [3.8, 4) is 11.5 Å². The number of amides is 2. The number of rotatable bonds is 5. The lowest BCUT2D eigenvalue weighted by Crippen LogP contribution is -2.32. The molecule has 20 heavy (non-hydrogen) atoms. The highest BCUT2D eigenvalue weighted by Crippen LogP contribution is 2.25. The molecule has 0 aliphatic carbocycles. The Bertz CT molecular complexity index is 583. The number of carbonyl (C=O) groups excluding carboxylic acids is 1. The van der Waals surface area contributed by atoms with Crippen LogP contribution in [0.25, 0.3) is 0 Å². The van der Waals surface area contributed by atoms with Crippen molar-refractivity contribution in [3.63, 3.8) is 0 Å². The molecule has 7 nitrogen and oxygen atoms in total. The van der Waals surface area contributed by atoms with E-state index in [1.54, 1.807) is 32.2 Å². The Morgan fingerprint density at radius 3 is 2.75 bits per heavy atom. The fraction of sp³-hybridized carbons (Fsp3) is 0.231. The number of hydrogen-bond acceptors (Lipinski definition) is 5. The van der Waals surface area contributed by atoms with E-state index in [0.717, 1.165) is 0 Å². The average molecular weight is 277 g/mol. The first-order valence-electron chi connectivity index (χ1n) is 5.93. The van der Waals surface area contributed by atoms with Gasteiger partial charge in [0.05, 0.1) is 7.11 Å². The molecule has 1 aromatic carbocycles. The molecule has 7 heteroatoms. The average Bonchev–Trinajstić information content (AvgIpc) is 2.84. The molecule has 0 fully saturated rings. The maximum atomic E-state index is 11.6. The number of aryl methyl sites for hydroxylation is 1. The van der Waals surface area contributed by atoms with Crippen LogP contribution in [0.5, 0.6) is 11.5 Å². The van der Waals surface area contributed by atoms with Gasteiger partial charge in [0.15, 0.2) is 24.0 Å². The molecule has 0 aliphatic rings. The number of urea groups is 1. The monoisotopic (exact) mass is 277 g/mol. The quantitative estimate of drug-likeness (QED) is 0.818. The van der Waals surface area contributed by atoms with E-state index in [2.05, 4.69) is 15.8 Å². The fourth-order valence-electron chi connectivity index (χ4n) is 1.50. The number of anilines is 1. The molecule has 2 rings (SSSR count). The van der Waals surface area contributed by atoms with Crippen molar-refractivity contribution in [3.05, 3.63) is 36.1 Å². The molecule has 2 N–H and O–H groups in total. The molecule has 2 amide bonds. The third kappa shape index (κ3) is 3.64. The van der Waals surface area contributed by atoms with Crippen molar-refractivity contribution in [2.75, 3.05) is 19.2 Å². The van der Waals surface area contributed by atoms with Crippen molar-refractivity contribution in [2.24, 2.45) is 0 Å². The minimum absolute atomic E-state index is 0.00302. The van der Waals surface area contributed by atoms with E-state index >= 15 is 0 Å². The molecule has 2 aromatic rings. The van der Waals surface area contributed by atoms with Gasteiger partial charge in [-0.05, 0) is 19.1 Å². The Labute approximate surface area is 115 Å². The van der Waals surface area contributed by atoms with Gasteiger partial charge < -0.3 is 19.3 Å². The van der Waals surface area contributed by atoms with Crippen LogP contribution in [0.1, 0.15) is 5.76 Å². The van der Waals surface area contributed by atoms with Gasteiger partial charge in [-0.1, -0.05) is 17.3 Å². The van der Waals surface area contributed by atoms with Gasteiger partial charge in [0.25, 0.3) is 0 Å². The lowest BCUT2D eigenvalue weighted by atomic mass is 10.3. The normalized spacial score (nSPS) is 9.90. The largest absolute Gasteiger partial charge is 0.493 e. The van der Waals surface area contributed by atoms with Gasteiger partial charge in [0, 0.05) is 6.07 Å². The molecular formula is C13H15N3O4. The summed E-state index contributed by atoms with van der Waals surface area (Å²) in [5.41, 5.74) is 0. The number of para-hydroxylation sites is 2. The van der Waals surface area contributed by atoms with Crippen LogP contribution in [0.4, 0.5) is 10.6 Å². The van der Waals surface area contributed by atoms with Crippen LogP contribution in [0, 0.1) is 6.92 Å². The molecule has 0 unspecified atom stereocenters. The summed E-state index contributed by atoms with van der Waals surface area (Å²) >= 11 is 0. The molecule has 0 saturated carbocycles. The number of methoxy groups -OCH3 is 1. The topological polar surface area (TPSA) is 85.6 Å². The first-order valence-corrected chi connectivity index (χ1v) is 5.93. The van der Waals surface area contributed by atoms with Crippen LogP contribution >= 0.6 is 0 Å². The Morgan fingerprint density at radius 2 is 2.10 bits per heavy atom. The summed E-state index contributed by atoms with van der Waals surface area (Å²) in [6, 6.07) is 8.34. The van der Waals surface area contributed by atoms with Crippen LogP contribution in [0.3, 0.4) is 0 Å². The summed E-state index contributed by atoms with van der Waals surface area (Å²) in [7, 11) is 1.55. The second-order valence-electron chi connectivity index (χ2n) is 3.89. The summed E-state index contributed by atoms with van der Waals surface area (Å²) in [6.07, 6.45) is 0. The molecule has 0 bridgehead atoms. The van der Waals surface area contributed by atoms with Gasteiger partial charge in [-0.3, -0.25) is 5.32 Å². The summed E-state index contributed by atoms with van der Waals surface area (Å²) < 4.78 is 15.4. The first kappa shape index (κ1) is 13.7. The zero-order valence-electron chi connectivity index (χ0n) is 11.2. The summed E-state index contributed by atoms with van der Waals surface area (Å²) in [5.74, 6) is 2.11. The Kier molecular flexibility index (Phi) is 4.43. The van der Waals surface area contributed by atoms with Gasteiger partial charge in [-0.25, -0.2) is 4.79 Å². The van der Waals surface area contributed by atoms with E-state index in [1.807, 2.05) is 12.1 Å². The van der Waals surface area contributed by atoms with Crippen LogP contribution in [-0.2, 0) is 0 Å². The number of aromatic nitrogens is 1. The van der Waals surface area contributed by atoms with Crippen molar-refractivity contribution in [1.29, 1.82) is 0 Å². The van der Waals surface area contributed by atoms with Gasteiger partial charge in [0.2, 0.25) is 0 Å². The molecule has 1 heterocycles. The number of ether oxygens (including phenoxy) is 2. The zero-order valence-corrected chi connectivity index (χ0v) is 11.2. The number of carbonyl (C=O) groups is 1. The second-order valence-corrected chi connectivity index (χ2v) is 3.89. The molecular weight excluding hydrogens is 262 g/mol. The van der Waals surface area contributed by atoms with Gasteiger partial charge in [-0.15, -0.1) is 0 Å². The van der Waals surface area contributed by atoms with Crippen molar-refractivity contribution in [2.45, 2.75) is 6.92 Å². The van der Waals surface area contributed by atoms with Crippen LogP contribution in [0.15, 0.2) is 34.9 Å². The van der Waals surface area contributed by atoms with Crippen LogP contribution in [0.2, 0.25) is 0 Å². The van der Waals surface area contributed by atoms with Gasteiger partial charge in [-0.2, -0.15) is 0 Å². The SMILES string of the molecule is COc1ccccc1OCNC(=O)Nc1cc(C)on1. The third-order valence-corrected chi connectivity index (χ3v) is 2.40. The highest BCUT2D eigenvalue weighted by molar-refractivity contribution is 5.87. The second kappa shape index (κ2) is 6.46. The highest BCUT2D eigenvalue weighted by Gasteiger charge is 2.06. The number of benzene rings is 1. The first-order chi connectivity index (χ1) is 9.69. The highest BCUT2D eigenvalue weighted by atomic mass is 16.5. The van der Waals surface area contributed by atoms with E-state index in [-0.39, 0.29) is 6.73 Å². The van der Waals surface area contributed by atoms with E-state index in [0.29, 0.717) is 23.1 Å². The Balaban J connectivity index is 1.79. The number of nitrogens with one attached hydrogen (secondary N) is 2. The maximum Gasteiger partial charge on any atom is 0.323 e. The molecule has 0 aliphatic heterocycles. The standard InChI is InChI=1S/C13H15N3O4/c1-9-7-12(16-20-9)15-13(17)14-8-19-11-6-4-3-5-10(11)18-2/h3-7H,8H2,1-2H3,(H2,14,15,16,17). The molecule has 0 atom stereocenters. The fourth-order valence-corrected chi connectivity index (χ4v) is 1.50. The zero-order chi connectivity index (χ0) is 14.4. The molecule has 0 spiro atoms. The molecule has 0 saturated heterocycles. The van der Waals surface area contributed by atoms with Crippen molar-refractivity contribution >= 4 is 11.8 Å². The third-order valence-electron chi connectivity index (χ3n) is 2.40. The molecule has 0 radical (unpaired) electrons. The minimum atomic E-state index is -0.437.